The topological polar surface area (TPSA) is 0 Å². The third-order valence-electron chi connectivity index (χ3n) is 3.10. The van der Waals surface area contributed by atoms with Crippen LogP contribution in [0.4, 0.5) is 0 Å². The summed E-state index contributed by atoms with van der Waals surface area (Å²) in [5, 5.41) is 0.194. The zero-order valence-corrected chi connectivity index (χ0v) is 13.1. The van der Waals surface area contributed by atoms with Crippen LogP contribution in [0.3, 0.4) is 0 Å². The van der Waals surface area contributed by atoms with Crippen molar-refractivity contribution in [1.29, 1.82) is 0 Å². The maximum Gasteiger partial charge on any atom is 0.0967 e. The van der Waals surface area contributed by atoms with Crippen molar-refractivity contribution in [2.45, 2.75) is 0 Å². The second-order valence-corrected chi connectivity index (χ2v) is 5.22. The Morgan fingerprint density at radius 1 is 0.429 bits per heavy atom. The molecule has 0 aliphatic carbocycles. The molecule has 2 heteroatoms. The van der Waals surface area contributed by atoms with E-state index in [4.69, 9.17) is 23.2 Å². The Bertz CT molecular complexity index is 573. The molecule has 21 heavy (non-hydrogen) atoms. The lowest BCUT2D eigenvalue weighted by Gasteiger charge is -2.04. The van der Waals surface area contributed by atoms with Gasteiger partial charge >= 0.3 is 0 Å². The Kier molecular flexibility index (Phi) is 6.33. The van der Waals surface area contributed by atoms with Gasteiger partial charge in [0, 0.05) is 0 Å². The molecule has 0 aromatic heterocycles. The lowest BCUT2D eigenvalue weighted by atomic mass is 10.0. The Morgan fingerprint density at radius 2 is 0.667 bits per heavy atom. The number of rotatable bonds is 2. The van der Waals surface area contributed by atoms with Crippen LogP contribution < -0.4 is 0 Å². The maximum absolute atomic E-state index is 4.76. The van der Waals surface area contributed by atoms with E-state index in [1.807, 2.05) is 12.1 Å². The van der Waals surface area contributed by atoms with E-state index < -0.39 is 0 Å². The minimum atomic E-state index is 0.194. The van der Waals surface area contributed by atoms with Gasteiger partial charge in [0.25, 0.3) is 0 Å². The molecule has 0 N–H and O–H groups in total. The van der Waals surface area contributed by atoms with Gasteiger partial charge in [-0.2, -0.15) is 0 Å². The van der Waals surface area contributed by atoms with Crippen LogP contribution in [0.15, 0.2) is 84.9 Å². The highest BCUT2D eigenvalue weighted by Crippen LogP contribution is 2.24. The van der Waals surface area contributed by atoms with Gasteiger partial charge in [0.1, 0.15) is 0 Å². The lowest BCUT2D eigenvalue weighted by molar-refractivity contribution is 1.59. The van der Waals surface area contributed by atoms with Crippen LogP contribution in [0.5, 0.6) is 0 Å². The molecule has 0 spiro atoms. The van der Waals surface area contributed by atoms with Gasteiger partial charge in [-0.1, -0.05) is 84.9 Å². The summed E-state index contributed by atoms with van der Waals surface area (Å²) in [6, 6.07) is 29.6. The molecular weight excluding hydrogens is 299 g/mol. The molecule has 106 valence electrons. The first kappa shape index (κ1) is 15.6. The molecule has 0 nitrogen and oxygen atoms in total. The first-order valence-electron chi connectivity index (χ1n) is 6.68. The predicted molar refractivity (Wildman–Crippen MR) is 93.9 cm³/mol. The number of hydrogen-bond acceptors (Lipinski definition) is 0. The van der Waals surface area contributed by atoms with E-state index >= 15 is 0 Å². The molecule has 0 saturated carbocycles. The van der Waals surface area contributed by atoms with E-state index in [1.165, 1.54) is 22.3 Å². The first-order chi connectivity index (χ1) is 10.3. The number of benzene rings is 3. The average molecular weight is 315 g/mol. The molecule has 0 fully saturated rings. The highest BCUT2D eigenvalue weighted by atomic mass is 35.5. The largest absolute Gasteiger partial charge is 0.109 e. The molecule has 0 radical (unpaired) electrons. The normalized spacial score (nSPS) is 9.62. The Balaban J connectivity index is 0.000000497. The summed E-state index contributed by atoms with van der Waals surface area (Å²) in [5.41, 5.74) is 5.04. The molecule has 0 unspecified atom stereocenters. The van der Waals surface area contributed by atoms with Gasteiger partial charge in [-0.25, -0.2) is 0 Å². The van der Waals surface area contributed by atoms with Crippen LogP contribution >= 0.6 is 23.2 Å². The number of hydrogen-bond donors (Lipinski definition) is 0. The highest BCUT2D eigenvalue weighted by molar-refractivity contribution is 6.40. The molecule has 0 saturated heterocycles. The van der Waals surface area contributed by atoms with Gasteiger partial charge in [0.15, 0.2) is 0 Å². The molecular formula is C19H16Cl2. The summed E-state index contributed by atoms with van der Waals surface area (Å²) in [6.07, 6.45) is 0. The monoisotopic (exact) mass is 314 g/mol. The Labute approximate surface area is 136 Å². The van der Waals surface area contributed by atoms with Crippen molar-refractivity contribution in [3.63, 3.8) is 0 Å². The number of alkyl halides is 2. The van der Waals surface area contributed by atoms with E-state index in [9.17, 15) is 0 Å². The van der Waals surface area contributed by atoms with Crippen molar-refractivity contribution in [3.8, 4) is 22.3 Å². The van der Waals surface area contributed by atoms with Crippen LogP contribution in [0.2, 0.25) is 0 Å². The van der Waals surface area contributed by atoms with Gasteiger partial charge in [-0.05, 0) is 22.3 Å². The van der Waals surface area contributed by atoms with Crippen molar-refractivity contribution in [3.05, 3.63) is 84.9 Å². The first-order valence-corrected chi connectivity index (χ1v) is 7.75. The SMILES string of the molecule is ClCCl.c1ccc(-c2ccc(-c3ccccc3)cc2)cc1. The second-order valence-electron chi connectivity index (χ2n) is 4.41. The Hall–Kier alpha value is -1.76. The lowest BCUT2D eigenvalue weighted by Crippen LogP contribution is -1.79. The minimum absolute atomic E-state index is 0.194. The molecule has 0 bridgehead atoms. The molecule has 0 heterocycles. The summed E-state index contributed by atoms with van der Waals surface area (Å²) in [5.74, 6) is 0. The van der Waals surface area contributed by atoms with Crippen LogP contribution in [0.25, 0.3) is 22.3 Å². The minimum Gasteiger partial charge on any atom is -0.109 e. The van der Waals surface area contributed by atoms with Gasteiger partial charge in [0.2, 0.25) is 0 Å². The molecule has 3 aromatic rings. The third kappa shape index (κ3) is 4.63. The highest BCUT2D eigenvalue weighted by Gasteiger charge is 1.98. The molecule has 0 aliphatic rings. The second kappa shape index (κ2) is 8.51. The number of halogens is 2. The van der Waals surface area contributed by atoms with Crippen LogP contribution in [0.1, 0.15) is 0 Å². The van der Waals surface area contributed by atoms with Gasteiger partial charge in [0.05, 0.1) is 5.34 Å². The van der Waals surface area contributed by atoms with Crippen molar-refractivity contribution in [2.75, 3.05) is 5.34 Å². The fourth-order valence-corrected chi connectivity index (χ4v) is 2.12. The van der Waals surface area contributed by atoms with E-state index in [2.05, 4.69) is 72.8 Å². The standard InChI is InChI=1S/C18H14.CH2Cl2/c1-3-7-15(8-4-1)17-11-13-18(14-12-17)16-9-5-2-6-10-16;2-1-3/h1-14H;1H2. The van der Waals surface area contributed by atoms with Crippen LogP contribution in [-0.2, 0) is 0 Å². The van der Waals surface area contributed by atoms with Gasteiger partial charge < -0.3 is 0 Å². The fraction of sp³-hybridized carbons (Fsp3) is 0.0526. The summed E-state index contributed by atoms with van der Waals surface area (Å²) >= 11 is 9.53. The van der Waals surface area contributed by atoms with Crippen molar-refractivity contribution < 1.29 is 0 Å². The van der Waals surface area contributed by atoms with Crippen LogP contribution in [0, 0.1) is 0 Å². The molecule has 0 amide bonds. The zero-order chi connectivity index (χ0) is 14.9. The van der Waals surface area contributed by atoms with Crippen molar-refractivity contribution >= 4 is 23.2 Å². The zero-order valence-electron chi connectivity index (χ0n) is 11.5. The maximum atomic E-state index is 4.76. The van der Waals surface area contributed by atoms with E-state index in [0.29, 0.717) is 0 Å². The summed E-state index contributed by atoms with van der Waals surface area (Å²) < 4.78 is 0. The Morgan fingerprint density at radius 3 is 0.952 bits per heavy atom. The van der Waals surface area contributed by atoms with E-state index in [1.54, 1.807) is 0 Å². The quantitative estimate of drug-likeness (QED) is 0.477. The summed E-state index contributed by atoms with van der Waals surface area (Å²) in [6.45, 7) is 0. The summed E-state index contributed by atoms with van der Waals surface area (Å²) in [4.78, 5) is 0. The fourth-order valence-electron chi connectivity index (χ4n) is 2.12. The van der Waals surface area contributed by atoms with Crippen molar-refractivity contribution in [2.24, 2.45) is 0 Å². The average Bonchev–Trinajstić information content (AvgIpc) is 2.57. The summed E-state index contributed by atoms with van der Waals surface area (Å²) in [7, 11) is 0. The van der Waals surface area contributed by atoms with Gasteiger partial charge in [-0.15, -0.1) is 23.2 Å². The molecule has 0 atom stereocenters. The molecule has 0 aliphatic heterocycles. The van der Waals surface area contributed by atoms with Crippen LogP contribution in [-0.4, -0.2) is 5.34 Å². The smallest absolute Gasteiger partial charge is 0.0967 e. The van der Waals surface area contributed by atoms with Gasteiger partial charge in [-0.3, -0.25) is 0 Å². The molecule has 3 rings (SSSR count). The van der Waals surface area contributed by atoms with E-state index in [0.717, 1.165) is 0 Å². The predicted octanol–water partition coefficient (Wildman–Crippen LogP) is 6.44. The van der Waals surface area contributed by atoms with E-state index in [-0.39, 0.29) is 5.34 Å². The third-order valence-corrected chi connectivity index (χ3v) is 3.10. The molecule has 3 aromatic carbocycles. The van der Waals surface area contributed by atoms with Crippen molar-refractivity contribution in [1.82, 2.24) is 0 Å².